The van der Waals surface area contributed by atoms with Gasteiger partial charge in [-0.1, -0.05) is 6.07 Å². The first-order valence-electron chi connectivity index (χ1n) is 9.01. The van der Waals surface area contributed by atoms with Gasteiger partial charge in [0.1, 0.15) is 5.69 Å². The summed E-state index contributed by atoms with van der Waals surface area (Å²) in [5, 5.41) is 11.6. The van der Waals surface area contributed by atoms with E-state index in [9.17, 15) is 14.9 Å². The van der Waals surface area contributed by atoms with Gasteiger partial charge in [0.2, 0.25) is 5.75 Å². The zero-order chi connectivity index (χ0) is 20.1. The lowest BCUT2D eigenvalue weighted by atomic mass is 10.1. The number of hydrogen-bond acceptors (Lipinski definition) is 7. The Hall–Kier alpha value is -3.29. The summed E-state index contributed by atoms with van der Waals surface area (Å²) in [4.78, 5) is 25.7. The normalized spacial score (nSPS) is 13.7. The predicted octanol–water partition coefficient (Wildman–Crippen LogP) is 3.82. The minimum absolute atomic E-state index is 0.0837. The number of nitro benzene ring substituents is 1. The third kappa shape index (κ3) is 4.00. The third-order valence-corrected chi connectivity index (χ3v) is 4.68. The number of nitrogens with zero attached hydrogens (tertiary/aromatic N) is 2. The average molecular weight is 386 g/mol. The lowest BCUT2D eigenvalue weighted by Gasteiger charge is -2.28. The lowest BCUT2D eigenvalue weighted by molar-refractivity contribution is -0.384. The van der Waals surface area contributed by atoms with Gasteiger partial charge in [0.15, 0.2) is 11.5 Å². The number of esters is 1. The molecule has 0 N–H and O–H groups in total. The predicted molar refractivity (Wildman–Crippen MR) is 104 cm³/mol. The van der Waals surface area contributed by atoms with Gasteiger partial charge in [-0.15, -0.1) is 0 Å². The van der Waals surface area contributed by atoms with E-state index in [0.717, 1.165) is 32.4 Å². The molecule has 2 aromatic rings. The second-order valence-corrected chi connectivity index (χ2v) is 6.39. The maximum atomic E-state index is 12.6. The number of rotatable bonds is 6. The molecule has 3 rings (SSSR count). The minimum atomic E-state index is -0.726. The number of carbonyl (C=O) groups is 1. The van der Waals surface area contributed by atoms with Crippen LogP contribution in [0.25, 0.3) is 0 Å². The van der Waals surface area contributed by atoms with E-state index >= 15 is 0 Å². The molecule has 0 aliphatic carbocycles. The fourth-order valence-corrected chi connectivity index (χ4v) is 3.27. The Morgan fingerprint density at radius 1 is 1.04 bits per heavy atom. The van der Waals surface area contributed by atoms with Gasteiger partial charge in [0.25, 0.3) is 5.69 Å². The Kier molecular flexibility index (Phi) is 5.98. The Morgan fingerprint density at radius 2 is 1.68 bits per heavy atom. The van der Waals surface area contributed by atoms with Crippen molar-refractivity contribution in [3.63, 3.8) is 0 Å². The molecule has 28 heavy (non-hydrogen) atoms. The number of ether oxygens (including phenoxy) is 3. The molecule has 0 spiro atoms. The van der Waals surface area contributed by atoms with Gasteiger partial charge in [-0.2, -0.15) is 0 Å². The van der Waals surface area contributed by atoms with E-state index in [0.29, 0.717) is 17.2 Å². The largest absolute Gasteiger partial charge is 0.493 e. The summed E-state index contributed by atoms with van der Waals surface area (Å²) in [5.74, 6) is 0.0515. The molecule has 1 aliphatic heterocycles. The van der Waals surface area contributed by atoms with Crippen LogP contribution in [-0.4, -0.2) is 38.2 Å². The van der Waals surface area contributed by atoms with Crippen LogP contribution in [0.15, 0.2) is 36.4 Å². The SMILES string of the molecule is COc1cccc(OC)c1OC(=O)c1ccc(N2CCCCC2)c([N+](=O)[O-])c1. The first-order valence-corrected chi connectivity index (χ1v) is 9.01. The molecule has 148 valence electrons. The molecule has 0 atom stereocenters. The number of benzene rings is 2. The quantitative estimate of drug-likeness (QED) is 0.322. The number of para-hydroxylation sites is 1. The van der Waals surface area contributed by atoms with E-state index < -0.39 is 10.9 Å². The lowest BCUT2D eigenvalue weighted by Crippen LogP contribution is -2.30. The fourth-order valence-electron chi connectivity index (χ4n) is 3.27. The summed E-state index contributed by atoms with van der Waals surface area (Å²) in [5.41, 5.74) is 0.500. The summed E-state index contributed by atoms with van der Waals surface area (Å²) in [6.45, 7) is 1.53. The van der Waals surface area contributed by atoms with Gasteiger partial charge in [0, 0.05) is 19.2 Å². The third-order valence-electron chi connectivity index (χ3n) is 4.68. The van der Waals surface area contributed by atoms with E-state index in [1.807, 2.05) is 4.90 Å². The Bertz CT molecular complexity index is 855. The van der Waals surface area contributed by atoms with Gasteiger partial charge in [0.05, 0.1) is 24.7 Å². The zero-order valence-corrected chi connectivity index (χ0v) is 15.8. The van der Waals surface area contributed by atoms with Crippen LogP contribution in [0.5, 0.6) is 17.2 Å². The molecule has 1 aliphatic rings. The molecular weight excluding hydrogens is 364 g/mol. The van der Waals surface area contributed by atoms with E-state index in [1.165, 1.54) is 20.3 Å². The highest BCUT2D eigenvalue weighted by molar-refractivity contribution is 5.93. The molecule has 2 aromatic carbocycles. The van der Waals surface area contributed by atoms with Gasteiger partial charge >= 0.3 is 5.97 Å². The summed E-state index contributed by atoms with van der Waals surface area (Å²) < 4.78 is 15.9. The van der Waals surface area contributed by atoms with Crippen molar-refractivity contribution in [3.8, 4) is 17.2 Å². The topological polar surface area (TPSA) is 91.1 Å². The van der Waals surface area contributed by atoms with Gasteiger partial charge < -0.3 is 19.1 Å². The van der Waals surface area contributed by atoms with E-state index in [1.54, 1.807) is 30.3 Å². The summed E-state index contributed by atoms with van der Waals surface area (Å²) in [7, 11) is 2.90. The molecule has 1 fully saturated rings. The fraction of sp³-hybridized carbons (Fsp3) is 0.350. The first-order chi connectivity index (χ1) is 13.5. The molecule has 0 radical (unpaired) electrons. The molecule has 1 saturated heterocycles. The highest BCUT2D eigenvalue weighted by Gasteiger charge is 2.25. The van der Waals surface area contributed by atoms with Crippen LogP contribution in [0.3, 0.4) is 0 Å². The Morgan fingerprint density at radius 3 is 2.25 bits per heavy atom. The number of hydrogen-bond donors (Lipinski definition) is 0. The molecule has 0 aromatic heterocycles. The Labute approximate surface area is 162 Å². The second kappa shape index (κ2) is 8.60. The molecule has 0 unspecified atom stereocenters. The molecule has 8 nitrogen and oxygen atoms in total. The number of piperidine rings is 1. The van der Waals surface area contributed by atoms with Crippen molar-refractivity contribution in [3.05, 3.63) is 52.1 Å². The van der Waals surface area contributed by atoms with Crippen LogP contribution in [0.2, 0.25) is 0 Å². The first kappa shape index (κ1) is 19.5. The highest BCUT2D eigenvalue weighted by Crippen LogP contribution is 2.38. The van der Waals surface area contributed by atoms with Crippen molar-refractivity contribution in [2.45, 2.75) is 19.3 Å². The molecule has 0 saturated carbocycles. The van der Waals surface area contributed by atoms with Crippen LogP contribution < -0.4 is 19.1 Å². The monoisotopic (exact) mass is 386 g/mol. The smallest absolute Gasteiger partial charge is 0.344 e. The van der Waals surface area contributed by atoms with Crippen LogP contribution in [0, 0.1) is 10.1 Å². The highest BCUT2D eigenvalue weighted by atomic mass is 16.6. The van der Waals surface area contributed by atoms with Crippen molar-refractivity contribution in [2.75, 3.05) is 32.2 Å². The Balaban J connectivity index is 1.91. The van der Waals surface area contributed by atoms with E-state index in [2.05, 4.69) is 0 Å². The summed E-state index contributed by atoms with van der Waals surface area (Å²) >= 11 is 0. The maximum absolute atomic E-state index is 12.6. The average Bonchev–Trinajstić information content (AvgIpc) is 2.73. The van der Waals surface area contributed by atoms with Crippen LogP contribution in [0.1, 0.15) is 29.6 Å². The van der Waals surface area contributed by atoms with E-state index in [-0.39, 0.29) is 17.0 Å². The van der Waals surface area contributed by atoms with Crippen molar-refractivity contribution in [1.29, 1.82) is 0 Å². The summed E-state index contributed by atoms with van der Waals surface area (Å²) in [6, 6.07) is 9.38. The number of methoxy groups -OCH3 is 2. The van der Waals surface area contributed by atoms with Crippen LogP contribution >= 0.6 is 0 Å². The van der Waals surface area contributed by atoms with Crippen LogP contribution in [0.4, 0.5) is 11.4 Å². The van der Waals surface area contributed by atoms with Crippen molar-refractivity contribution in [1.82, 2.24) is 0 Å². The molecule has 0 bridgehead atoms. The number of nitro groups is 1. The van der Waals surface area contributed by atoms with Crippen LogP contribution in [-0.2, 0) is 0 Å². The molecule has 0 amide bonds. The summed E-state index contributed by atoms with van der Waals surface area (Å²) in [6.07, 6.45) is 3.11. The van der Waals surface area contributed by atoms with Gasteiger partial charge in [-0.05, 0) is 43.5 Å². The molecule has 1 heterocycles. The zero-order valence-electron chi connectivity index (χ0n) is 15.8. The minimum Gasteiger partial charge on any atom is -0.493 e. The van der Waals surface area contributed by atoms with Crippen molar-refractivity contribution in [2.24, 2.45) is 0 Å². The van der Waals surface area contributed by atoms with Crippen molar-refractivity contribution >= 4 is 17.3 Å². The van der Waals surface area contributed by atoms with Gasteiger partial charge in [-0.3, -0.25) is 10.1 Å². The van der Waals surface area contributed by atoms with E-state index in [4.69, 9.17) is 14.2 Å². The molecular formula is C20H22N2O6. The molecule has 8 heteroatoms. The number of carbonyl (C=O) groups excluding carboxylic acids is 1. The maximum Gasteiger partial charge on any atom is 0.344 e. The second-order valence-electron chi connectivity index (χ2n) is 6.39. The van der Waals surface area contributed by atoms with Gasteiger partial charge in [-0.25, -0.2) is 4.79 Å². The number of anilines is 1. The standard InChI is InChI=1S/C20H22N2O6/c1-26-17-7-6-8-18(27-2)19(17)28-20(23)14-9-10-15(16(13-14)22(24)25)21-11-4-3-5-12-21/h6-10,13H,3-5,11-12H2,1-2H3. The van der Waals surface area contributed by atoms with Crippen molar-refractivity contribution < 1.29 is 23.9 Å².